The lowest BCUT2D eigenvalue weighted by Gasteiger charge is -2.30. The first-order chi connectivity index (χ1) is 32.7. The van der Waals surface area contributed by atoms with E-state index in [0.717, 1.165) is 22.6 Å². The zero-order valence-corrected chi connectivity index (χ0v) is 36.3. The average Bonchev–Trinajstić information content (AvgIpc) is 3.87. The molecule has 1 spiro atoms. The van der Waals surface area contributed by atoms with Crippen LogP contribution in [0.1, 0.15) is 22.3 Å². The van der Waals surface area contributed by atoms with Crippen LogP contribution in [-0.4, -0.2) is 0 Å². The molecule has 0 bridgehead atoms. The van der Waals surface area contributed by atoms with E-state index >= 15 is 0 Å². The third kappa shape index (κ3) is 5.87. The van der Waals surface area contributed by atoms with Crippen molar-refractivity contribution in [1.82, 2.24) is 0 Å². The van der Waals surface area contributed by atoms with Crippen LogP contribution in [0.25, 0.3) is 77.5 Å². The molecule has 0 aromatic heterocycles. The first-order valence-electron chi connectivity index (χ1n) is 22.9. The molecule has 0 aliphatic heterocycles. The van der Waals surface area contributed by atoms with Gasteiger partial charge in [-0.3, -0.25) is 0 Å². The maximum absolute atomic E-state index is 2.45. The highest BCUT2D eigenvalue weighted by Gasteiger charge is 2.52. The molecule has 66 heavy (non-hydrogen) atoms. The fourth-order valence-corrected chi connectivity index (χ4v) is 11.2. The Labute approximate surface area is 386 Å². The number of hydrogen-bond acceptors (Lipinski definition) is 1. The van der Waals surface area contributed by atoms with Crippen LogP contribution in [0.15, 0.2) is 261 Å². The van der Waals surface area contributed by atoms with Gasteiger partial charge < -0.3 is 4.90 Å². The van der Waals surface area contributed by atoms with Crippen molar-refractivity contribution < 1.29 is 0 Å². The van der Waals surface area contributed by atoms with Crippen molar-refractivity contribution >= 4 is 27.8 Å². The molecule has 308 valence electrons. The summed E-state index contributed by atoms with van der Waals surface area (Å²) >= 11 is 0. The van der Waals surface area contributed by atoms with Gasteiger partial charge in [0.15, 0.2) is 0 Å². The topological polar surface area (TPSA) is 3.24 Å². The zero-order valence-electron chi connectivity index (χ0n) is 36.3. The summed E-state index contributed by atoms with van der Waals surface area (Å²) < 4.78 is 0. The van der Waals surface area contributed by atoms with Crippen molar-refractivity contribution in [1.29, 1.82) is 0 Å². The van der Waals surface area contributed by atoms with E-state index < -0.39 is 5.41 Å². The van der Waals surface area contributed by atoms with Crippen molar-refractivity contribution in [3.63, 3.8) is 0 Å². The molecule has 11 aromatic rings. The number of fused-ring (bicyclic) bond motifs is 11. The second kappa shape index (κ2) is 15.3. The van der Waals surface area contributed by atoms with E-state index in [1.807, 2.05) is 0 Å². The van der Waals surface area contributed by atoms with Crippen molar-refractivity contribution in [3.8, 4) is 66.8 Å². The smallest absolute Gasteiger partial charge is 0.0725 e. The maximum atomic E-state index is 2.45. The Hall–Kier alpha value is -8.52. The Kier molecular flexibility index (Phi) is 8.82. The average molecular weight is 838 g/mol. The summed E-state index contributed by atoms with van der Waals surface area (Å²) in [5.41, 5.74) is 23.0. The summed E-state index contributed by atoms with van der Waals surface area (Å²) in [6, 6.07) is 96.3. The molecule has 0 atom stereocenters. The summed E-state index contributed by atoms with van der Waals surface area (Å²) in [5.74, 6) is 0. The number of nitrogens with zero attached hydrogens (tertiary/aromatic N) is 1. The van der Waals surface area contributed by atoms with Crippen molar-refractivity contribution in [3.05, 3.63) is 283 Å². The van der Waals surface area contributed by atoms with Crippen LogP contribution in [-0.2, 0) is 5.41 Å². The molecular formula is C65H43N. The summed E-state index contributed by atoms with van der Waals surface area (Å²) in [7, 11) is 0. The Morgan fingerprint density at radius 3 is 1.47 bits per heavy atom. The molecule has 2 aliphatic rings. The Morgan fingerprint density at radius 2 is 0.742 bits per heavy atom. The standard InChI is InChI=1S/C65H43N/c1-3-17-44(18-4-1)50-37-40-63(58(43-50)47-20-5-2-6-21-47)66(52-38-35-46(36-39-52)49-34-33-45-19-7-8-22-48(45)41-49)53-24-15-23-51(42-53)54-28-16-32-62-64(54)57-27-11-14-31-61(57)65(62)59-29-12-9-25-55(59)56-26-10-13-30-60(56)65/h1-43H. The van der Waals surface area contributed by atoms with Gasteiger partial charge in [-0.1, -0.05) is 218 Å². The molecule has 0 unspecified atom stereocenters. The molecule has 1 heteroatoms. The molecule has 0 heterocycles. The Bertz CT molecular complexity index is 3590. The fourth-order valence-electron chi connectivity index (χ4n) is 11.2. The van der Waals surface area contributed by atoms with Crippen LogP contribution in [0.5, 0.6) is 0 Å². The first-order valence-corrected chi connectivity index (χ1v) is 22.9. The van der Waals surface area contributed by atoms with E-state index in [1.54, 1.807) is 0 Å². The van der Waals surface area contributed by atoms with Gasteiger partial charge >= 0.3 is 0 Å². The number of rotatable bonds is 7. The van der Waals surface area contributed by atoms with E-state index in [9.17, 15) is 0 Å². The van der Waals surface area contributed by atoms with Crippen LogP contribution >= 0.6 is 0 Å². The van der Waals surface area contributed by atoms with Gasteiger partial charge in [-0.25, -0.2) is 0 Å². The van der Waals surface area contributed by atoms with Crippen LogP contribution in [0.2, 0.25) is 0 Å². The quantitative estimate of drug-likeness (QED) is 0.155. The minimum atomic E-state index is -0.406. The van der Waals surface area contributed by atoms with E-state index in [2.05, 4.69) is 266 Å². The summed E-state index contributed by atoms with van der Waals surface area (Å²) in [4.78, 5) is 2.45. The lowest BCUT2D eigenvalue weighted by Crippen LogP contribution is -2.25. The highest BCUT2D eigenvalue weighted by Crippen LogP contribution is 2.64. The van der Waals surface area contributed by atoms with Gasteiger partial charge in [0.2, 0.25) is 0 Å². The summed E-state index contributed by atoms with van der Waals surface area (Å²) in [5, 5.41) is 2.49. The largest absolute Gasteiger partial charge is 0.310 e. The van der Waals surface area contributed by atoms with Gasteiger partial charge in [0, 0.05) is 16.9 Å². The molecule has 2 aliphatic carbocycles. The molecule has 0 saturated carbocycles. The molecule has 0 N–H and O–H groups in total. The molecule has 13 rings (SSSR count). The SMILES string of the molecule is c1ccc(-c2ccc(N(c3ccc(-c4ccc5ccccc5c4)cc3)c3cccc(-c4cccc5c4-c4ccccc4C54c5ccccc5-c5ccccc54)c3)c(-c3ccccc3)c2)cc1. The van der Waals surface area contributed by atoms with Crippen LogP contribution in [0, 0.1) is 0 Å². The maximum Gasteiger partial charge on any atom is 0.0725 e. The monoisotopic (exact) mass is 837 g/mol. The third-order valence-corrected chi connectivity index (χ3v) is 14.1. The zero-order chi connectivity index (χ0) is 43.6. The van der Waals surface area contributed by atoms with Gasteiger partial charge in [0.1, 0.15) is 0 Å². The van der Waals surface area contributed by atoms with Gasteiger partial charge in [0.05, 0.1) is 11.1 Å². The summed E-state index contributed by atoms with van der Waals surface area (Å²) in [6.07, 6.45) is 0. The number of anilines is 3. The van der Waals surface area contributed by atoms with E-state index in [1.165, 1.54) is 94.2 Å². The Morgan fingerprint density at radius 1 is 0.242 bits per heavy atom. The summed E-state index contributed by atoms with van der Waals surface area (Å²) in [6.45, 7) is 0. The van der Waals surface area contributed by atoms with Crippen LogP contribution < -0.4 is 4.90 Å². The van der Waals surface area contributed by atoms with Crippen LogP contribution in [0.4, 0.5) is 17.1 Å². The normalized spacial score (nSPS) is 12.7. The highest BCUT2D eigenvalue weighted by molar-refractivity contribution is 6.01. The first kappa shape index (κ1) is 38.0. The molecule has 0 amide bonds. The third-order valence-electron chi connectivity index (χ3n) is 14.1. The molecule has 1 nitrogen and oxygen atoms in total. The predicted molar refractivity (Wildman–Crippen MR) is 277 cm³/mol. The Balaban J connectivity index is 1.01. The minimum Gasteiger partial charge on any atom is -0.310 e. The highest BCUT2D eigenvalue weighted by atomic mass is 15.1. The predicted octanol–water partition coefficient (Wildman–Crippen LogP) is 17.3. The van der Waals surface area contributed by atoms with Gasteiger partial charge in [-0.15, -0.1) is 0 Å². The second-order valence-electron chi connectivity index (χ2n) is 17.6. The number of benzene rings is 11. The van der Waals surface area contributed by atoms with Gasteiger partial charge in [0.25, 0.3) is 0 Å². The van der Waals surface area contributed by atoms with E-state index in [-0.39, 0.29) is 0 Å². The number of hydrogen-bond donors (Lipinski definition) is 0. The minimum absolute atomic E-state index is 0.406. The molecular weight excluding hydrogens is 795 g/mol. The van der Waals surface area contributed by atoms with Crippen LogP contribution in [0.3, 0.4) is 0 Å². The van der Waals surface area contributed by atoms with E-state index in [0.29, 0.717) is 0 Å². The molecule has 0 radical (unpaired) electrons. The van der Waals surface area contributed by atoms with E-state index in [4.69, 9.17) is 0 Å². The van der Waals surface area contributed by atoms with Crippen molar-refractivity contribution in [2.75, 3.05) is 4.90 Å². The molecule has 11 aromatic carbocycles. The van der Waals surface area contributed by atoms with Gasteiger partial charge in [-0.2, -0.15) is 0 Å². The fraction of sp³-hybridized carbons (Fsp3) is 0.0154. The molecule has 0 fully saturated rings. The lowest BCUT2D eigenvalue weighted by molar-refractivity contribution is 0.794. The van der Waals surface area contributed by atoms with Gasteiger partial charge in [-0.05, 0) is 137 Å². The molecule has 0 saturated heterocycles. The van der Waals surface area contributed by atoms with Crippen molar-refractivity contribution in [2.24, 2.45) is 0 Å². The van der Waals surface area contributed by atoms with Crippen molar-refractivity contribution in [2.45, 2.75) is 5.41 Å². The lowest BCUT2D eigenvalue weighted by atomic mass is 9.70. The second-order valence-corrected chi connectivity index (χ2v) is 17.6.